The van der Waals surface area contributed by atoms with Crippen LogP contribution in [0.25, 0.3) is 16.7 Å². The van der Waals surface area contributed by atoms with Crippen LogP contribution in [-0.2, 0) is 20.8 Å². The van der Waals surface area contributed by atoms with Crippen molar-refractivity contribution in [2.45, 2.75) is 108 Å². The van der Waals surface area contributed by atoms with Crippen LogP contribution in [0.4, 0.5) is 4.79 Å². The fraction of sp³-hybridized carbons (Fsp3) is 0.611. The number of benzene rings is 1. The molecule has 11 nitrogen and oxygen atoms in total. The van der Waals surface area contributed by atoms with Crippen molar-refractivity contribution in [3.63, 3.8) is 0 Å². The number of hydrogen-bond acceptors (Lipinski definition) is 7. The smallest absolute Gasteiger partial charge is 0.410 e. The van der Waals surface area contributed by atoms with E-state index in [1.54, 1.807) is 15.5 Å². The Morgan fingerprint density at radius 3 is 2.42 bits per heavy atom. The fourth-order valence-electron chi connectivity index (χ4n) is 8.29. The summed E-state index contributed by atoms with van der Waals surface area (Å²) in [5.74, 6) is 0.811. The van der Waals surface area contributed by atoms with E-state index in [4.69, 9.17) is 21.1 Å². The summed E-state index contributed by atoms with van der Waals surface area (Å²) in [5.41, 5.74) is -0.0423. The maximum atomic E-state index is 13.7. The Hall–Kier alpha value is -3.41. The fourth-order valence-corrected chi connectivity index (χ4v) is 8.57. The molecule has 5 fully saturated rings. The number of amides is 2. The normalized spacial score (nSPS) is 26.1. The Kier molecular flexibility index (Phi) is 7.50. The minimum absolute atomic E-state index is 0.0164. The lowest BCUT2D eigenvalue weighted by molar-refractivity contribution is -0.142. The molecule has 48 heavy (non-hydrogen) atoms. The summed E-state index contributed by atoms with van der Waals surface area (Å²) >= 11 is 6.72. The van der Waals surface area contributed by atoms with Gasteiger partial charge >= 0.3 is 6.09 Å². The first-order valence-electron chi connectivity index (χ1n) is 17.4. The third-order valence-electron chi connectivity index (χ3n) is 11.1. The van der Waals surface area contributed by atoms with E-state index >= 15 is 0 Å². The van der Waals surface area contributed by atoms with Crippen LogP contribution in [0.2, 0.25) is 5.15 Å². The van der Waals surface area contributed by atoms with Gasteiger partial charge in [0.15, 0.2) is 5.65 Å². The molecule has 3 saturated heterocycles. The predicted molar refractivity (Wildman–Crippen MR) is 179 cm³/mol. The largest absolute Gasteiger partial charge is 0.444 e. The molecule has 3 aromatic rings. The van der Waals surface area contributed by atoms with Crippen LogP contribution in [0, 0.1) is 11.3 Å². The Balaban J connectivity index is 0.999. The number of piperidine rings is 1. The summed E-state index contributed by atoms with van der Waals surface area (Å²) < 4.78 is 15.2. The number of nitrogens with zero attached hydrogens (tertiary/aromatic N) is 5. The molecule has 3 atom stereocenters. The van der Waals surface area contributed by atoms with Gasteiger partial charge in [-0.1, -0.05) is 23.7 Å². The van der Waals surface area contributed by atoms with Gasteiger partial charge in [0.05, 0.1) is 47.7 Å². The molecule has 1 aromatic carbocycles. The van der Waals surface area contributed by atoms with Gasteiger partial charge in [0.2, 0.25) is 5.91 Å². The Labute approximate surface area is 284 Å². The molecule has 0 spiro atoms. The van der Waals surface area contributed by atoms with Crippen molar-refractivity contribution >= 4 is 34.6 Å². The molecule has 2 saturated carbocycles. The van der Waals surface area contributed by atoms with Crippen molar-refractivity contribution in [3.8, 4) is 5.69 Å². The molecular weight excluding hydrogens is 634 g/mol. The SMILES string of the molecule is CC(C)(C)OC(=O)N1C[C@@H]2CC[C@@H](O2)[C@@H]1c1ccc(-n2c(Cl)cc3c(=O)n(CC4(O)CCN(C(=O)C5(C6CC6)CC5)CC4)cnc32)cc1. The van der Waals surface area contributed by atoms with E-state index in [1.807, 2.05) is 49.9 Å². The zero-order chi connectivity index (χ0) is 33.6. The van der Waals surface area contributed by atoms with Crippen LogP contribution < -0.4 is 5.56 Å². The van der Waals surface area contributed by atoms with Gasteiger partial charge in [-0.05, 0) is 102 Å². The van der Waals surface area contributed by atoms with Crippen LogP contribution in [0.15, 0.2) is 41.5 Å². The third-order valence-corrected chi connectivity index (χ3v) is 11.4. The highest BCUT2D eigenvalue weighted by Crippen LogP contribution is 2.62. The lowest BCUT2D eigenvalue weighted by Gasteiger charge is -2.41. The number of morpholine rings is 1. The second-order valence-corrected chi connectivity index (χ2v) is 16.1. The van der Waals surface area contributed by atoms with Crippen molar-refractivity contribution in [2.75, 3.05) is 19.6 Å². The molecule has 1 N–H and O–H groups in total. The van der Waals surface area contributed by atoms with Crippen molar-refractivity contribution in [1.29, 1.82) is 0 Å². The number of ether oxygens (including phenoxy) is 2. The average molecular weight is 678 g/mol. The molecule has 0 radical (unpaired) electrons. The number of likely N-dealkylation sites (tertiary alicyclic amines) is 2. The summed E-state index contributed by atoms with van der Waals surface area (Å²) in [6.07, 6.45) is 7.93. The standard InChI is InChI=1S/C36H44ClN5O6/c1-34(2,3)48-33(45)41-19-25-10-11-27(47-25)29(41)22-4-8-24(9-5-22)42-28(37)18-26-30(42)38-21-40(31(26)43)20-35(46)14-16-39(17-15-35)32(44)36(12-13-36)23-6-7-23/h4-5,8-9,18,21,23,25,27,29,46H,6-7,10-17,19-20H2,1-3H3/t25-,27+,29-/m0/s1. The van der Waals surface area contributed by atoms with Gasteiger partial charge in [-0.25, -0.2) is 9.78 Å². The minimum atomic E-state index is -1.11. The molecule has 2 bridgehead atoms. The van der Waals surface area contributed by atoms with Crippen molar-refractivity contribution in [3.05, 3.63) is 57.7 Å². The second-order valence-electron chi connectivity index (χ2n) is 15.7. The average Bonchev–Trinajstić information content (AvgIpc) is 3.97. The first-order chi connectivity index (χ1) is 22.8. The molecule has 8 rings (SSSR count). The summed E-state index contributed by atoms with van der Waals surface area (Å²) in [5, 5.41) is 12.2. The maximum absolute atomic E-state index is 13.7. The summed E-state index contributed by atoms with van der Waals surface area (Å²) in [6.45, 7) is 7.17. The van der Waals surface area contributed by atoms with Gasteiger partial charge in [-0.3, -0.25) is 23.6 Å². The topological polar surface area (TPSA) is 119 Å². The number of halogens is 1. The zero-order valence-electron chi connectivity index (χ0n) is 27.9. The molecule has 2 aliphatic carbocycles. The molecule has 5 aliphatic rings. The maximum Gasteiger partial charge on any atom is 0.410 e. The van der Waals surface area contributed by atoms with Gasteiger partial charge in [-0.15, -0.1) is 0 Å². The van der Waals surface area contributed by atoms with E-state index in [0.717, 1.165) is 49.8 Å². The number of carbonyl (C=O) groups is 2. The molecular formula is C36H44ClN5O6. The molecule has 3 aliphatic heterocycles. The number of hydrogen-bond donors (Lipinski definition) is 1. The highest BCUT2D eigenvalue weighted by Gasteiger charge is 2.60. The van der Waals surface area contributed by atoms with Crippen LogP contribution >= 0.6 is 11.6 Å². The number of carbonyl (C=O) groups excluding carboxylic acids is 2. The van der Waals surface area contributed by atoms with Crippen LogP contribution in [-0.4, -0.2) is 84.1 Å². The number of rotatable bonds is 6. The summed E-state index contributed by atoms with van der Waals surface area (Å²) in [6, 6.07) is 9.09. The second kappa shape index (κ2) is 11.3. The van der Waals surface area contributed by atoms with Gasteiger partial charge in [-0.2, -0.15) is 0 Å². The monoisotopic (exact) mass is 677 g/mol. The Bertz CT molecular complexity index is 1810. The van der Waals surface area contributed by atoms with Crippen LogP contribution in [0.5, 0.6) is 0 Å². The molecule has 2 amide bonds. The summed E-state index contributed by atoms with van der Waals surface area (Å²) in [7, 11) is 0. The summed E-state index contributed by atoms with van der Waals surface area (Å²) in [4.78, 5) is 48.5. The van der Waals surface area contributed by atoms with E-state index in [9.17, 15) is 19.5 Å². The van der Waals surface area contributed by atoms with E-state index in [-0.39, 0.29) is 47.8 Å². The Morgan fingerprint density at radius 1 is 1.06 bits per heavy atom. The van der Waals surface area contributed by atoms with Crippen molar-refractivity contribution in [2.24, 2.45) is 11.3 Å². The molecule has 0 unspecified atom stereocenters. The van der Waals surface area contributed by atoms with Gasteiger partial charge < -0.3 is 19.5 Å². The van der Waals surface area contributed by atoms with Crippen molar-refractivity contribution < 1.29 is 24.2 Å². The molecule has 2 aromatic heterocycles. The molecule has 5 heterocycles. The van der Waals surface area contributed by atoms with Crippen LogP contribution in [0.3, 0.4) is 0 Å². The molecule has 256 valence electrons. The highest BCUT2D eigenvalue weighted by atomic mass is 35.5. The predicted octanol–water partition coefficient (Wildman–Crippen LogP) is 5.22. The van der Waals surface area contributed by atoms with Crippen molar-refractivity contribution in [1.82, 2.24) is 23.9 Å². The number of aromatic nitrogens is 3. The van der Waals surface area contributed by atoms with E-state index in [2.05, 4.69) is 4.98 Å². The van der Waals surface area contributed by atoms with E-state index in [0.29, 0.717) is 54.6 Å². The minimum Gasteiger partial charge on any atom is -0.444 e. The quantitative estimate of drug-likeness (QED) is 0.380. The first kappa shape index (κ1) is 31.8. The van der Waals surface area contributed by atoms with Crippen LogP contribution in [0.1, 0.15) is 83.7 Å². The Morgan fingerprint density at radius 2 is 1.77 bits per heavy atom. The number of aliphatic hydroxyl groups is 1. The first-order valence-corrected chi connectivity index (χ1v) is 17.8. The van der Waals surface area contributed by atoms with E-state index < -0.39 is 11.2 Å². The third kappa shape index (κ3) is 5.61. The van der Waals surface area contributed by atoms with E-state index in [1.165, 1.54) is 10.9 Å². The number of fused-ring (bicyclic) bond motifs is 3. The van der Waals surface area contributed by atoms with Gasteiger partial charge in [0.1, 0.15) is 17.1 Å². The van der Waals surface area contributed by atoms with Gasteiger partial charge in [0.25, 0.3) is 5.56 Å². The van der Waals surface area contributed by atoms with Gasteiger partial charge in [0, 0.05) is 18.8 Å². The lowest BCUT2D eigenvalue weighted by atomic mass is 9.89. The lowest BCUT2D eigenvalue weighted by Crippen LogP contribution is -2.51. The zero-order valence-corrected chi connectivity index (χ0v) is 28.6. The highest BCUT2D eigenvalue weighted by molar-refractivity contribution is 6.31. The molecule has 12 heteroatoms.